The van der Waals surface area contributed by atoms with E-state index in [2.05, 4.69) is 229 Å². The summed E-state index contributed by atoms with van der Waals surface area (Å²) < 4.78 is 9.37. The minimum atomic E-state index is -0.135. The maximum absolute atomic E-state index is 6.99. The molecule has 0 radical (unpaired) electrons. The lowest BCUT2D eigenvalue weighted by molar-refractivity contribution is 0.391. The molecule has 4 heterocycles. The Hall–Kier alpha value is -8.02. The third kappa shape index (κ3) is 5.53. The van der Waals surface area contributed by atoms with Crippen LogP contribution in [0.25, 0.3) is 65.9 Å². The van der Waals surface area contributed by atoms with Crippen LogP contribution in [-0.4, -0.2) is 27.2 Å². The lowest BCUT2D eigenvalue weighted by Gasteiger charge is -2.39. The van der Waals surface area contributed by atoms with Gasteiger partial charge in [0.25, 0.3) is 0 Å². The van der Waals surface area contributed by atoms with Crippen molar-refractivity contribution in [3.05, 3.63) is 241 Å². The summed E-state index contributed by atoms with van der Waals surface area (Å²) in [6, 6.07) is 59.6. The molecule has 2 aromatic heterocycles. The average Bonchev–Trinajstić information content (AvgIpc) is 4.04. The number of para-hydroxylation sites is 3. The van der Waals surface area contributed by atoms with Crippen molar-refractivity contribution in [2.75, 3.05) is 0 Å². The van der Waals surface area contributed by atoms with Gasteiger partial charge in [-0.3, -0.25) is 0 Å². The highest BCUT2D eigenvalue weighted by molar-refractivity contribution is 6.11. The second-order valence-electron chi connectivity index (χ2n) is 18.4. The highest BCUT2D eigenvalue weighted by atomic mass is 16.3. The van der Waals surface area contributed by atoms with Gasteiger partial charge in [0.15, 0.2) is 0 Å². The average molecular weight is 849 g/mol. The molecule has 66 heavy (non-hydrogen) atoms. The number of rotatable bonds is 4. The van der Waals surface area contributed by atoms with Crippen LogP contribution < -0.4 is 0 Å². The number of allylic oxidation sites excluding steroid dienone is 6. The standard InChI is InChI=1S/C61H44N4O/c1-37-55(40-30-27-39(28-31-40)42-33-34-53-49(36-42)45-19-8-12-24-51(45)64(53)44-17-3-2-4-18-44)59-57(60-56(37)48-22-10-14-26-54(48)66-60)47-21-9-13-25-52(47)65(59)61-62-50-23-11-7-20-46(50)58(63-61)43-32-29-38-15-5-6-16-41(38)35-43/h2-37,46-47,52,55,58H,1H3. The van der Waals surface area contributed by atoms with E-state index < -0.39 is 0 Å². The molecule has 9 aromatic rings. The normalized spacial score (nSPS) is 22.8. The van der Waals surface area contributed by atoms with Crippen molar-refractivity contribution in [2.24, 2.45) is 21.8 Å². The first-order valence-corrected chi connectivity index (χ1v) is 23.3. The Balaban J connectivity index is 0.929. The molecule has 314 valence electrons. The molecule has 0 fully saturated rings. The number of guanidine groups is 1. The van der Waals surface area contributed by atoms with Crippen LogP contribution in [-0.2, 0) is 0 Å². The van der Waals surface area contributed by atoms with Crippen molar-refractivity contribution in [2.45, 2.75) is 30.8 Å². The van der Waals surface area contributed by atoms with Crippen LogP contribution in [0.4, 0.5) is 0 Å². The van der Waals surface area contributed by atoms with Gasteiger partial charge in [-0.2, -0.15) is 0 Å². The van der Waals surface area contributed by atoms with Gasteiger partial charge >= 0.3 is 0 Å². The van der Waals surface area contributed by atoms with E-state index in [0.717, 1.165) is 28.7 Å². The SMILES string of the molecule is CC1c2c(oc3ccccc23)C2=C(C1c1ccc(-c3ccc4c(c3)c3ccccc3n4-c3ccccc3)cc1)N(C1=NC(c3ccc4ccccc4c3)C3C=CC=CC3=N1)C1C=CC=CC21. The Morgan fingerprint density at radius 2 is 1.27 bits per heavy atom. The Kier molecular flexibility index (Phi) is 8.21. The fraction of sp³-hybridized carbons (Fsp3) is 0.115. The van der Waals surface area contributed by atoms with E-state index in [9.17, 15) is 0 Å². The van der Waals surface area contributed by atoms with Gasteiger partial charge in [0.1, 0.15) is 11.3 Å². The van der Waals surface area contributed by atoms with Crippen LogP contribution in [0.5, 0.6) is 0 Å². The summed E-state index contributed by atoms with van der Waals surface area (Å²) in [5.41, 5.74) is 14.2. The van der Waals surface area contributed by atoms with Crippen LogP contribution in [0.2, 0.25) is 0 Å². The third-order valence-electron chi connectivity index (χ3n) is 14.9. The van der Waals surface area contributed by atoms with E-state index in [-0.39, 0.29) is 35.8 Å². The molecule has 5 aliphatic rings. The van der Waals surface area contributed by atoms with Gasteiger partial charge in [-0.05, 0) is 87.5 Å². The topological polar surface area (TPSA) is 46.0 Å². The molecule has 5 nitrogen and oxygen atoms in total. The van der Waals surface area contributed by atoms with E-state index in [4.69, 9.17) is 14.4 Å². The van der Waals surface area contributed by atoms with Crippen LogP contribution in [0, 0.1) is 11.8 Å². The summed E-state index contributed by atoms with van der Waals surface area (Å²) >= 11 is 0. The van der Waals surface area contributed by atoms with Gasteiger partial charge in [0.2, 0.25) is 5.96 Å². The molecule has 0 saturated heterocycles. The van der Waals surface area contributed by atoms with Gasteiger partial charge in [-0.15, -0.1) is 0 Å². The smallest absolute Gasteiger partial charge is 0.226 e. The predicted molar refractivity (Wildman–Crippen MR) is 271 cm³/mol. The Morgan fingerprint density at radius 3 is 2.17 bits per heavy atom. The molecule has 0 amide bonds. The van der Waals surface area contributed by atoms with Crippen molar-refractivity contribution in [1.82, 2.24) is 9.47 Å². The number of aliphatic imine (C=N–C) groups is 2. The lowest BCUT2D eigenvalue weighted by atomic mass is 9.72. The fourth-order valence-corrected chi connectivity index (χ4v) is 11.9. The Bertz CT molecular complexity index is 3700. The number of furan rings is 1. The second kappa shape index (κ2) is 14.5. The molecule has 5 heteroatoms. The highest BCUT2D eigenvalue weighted by Crippen LogP contribution is 2.59. The van der Waals surface area contributed by atoms with Crippen LogP contribution in [0.1, 0.15) is 47.3 Å². The number of hydrogen-bond donors (Lipinski definition) is 0. The van der Waals surface area contributed by atoms with Gasteiger partial charge in [-0.1, -0.05) is 171 Å². The summed E-state index contributed by atoms with van der Waals surface area (Å²) in [4.78, 5) is 13.7. The summed E-state index contributed by atoms with van der Waals surface area (Å²) in [6.45, 7) is 2.39. The maximum atomic E-state index is 6.99. The lowest BCUT2D eigenvalue weighted by Crippen LogP contribution is -2.42. The zero-order valence-corrected chi connectivity index (χ0v) is 36.4. The molecule has 2 aliphatic heterocycles. The van der Waals surface area contributed by atoms with Crippen LogP contribution >= 0.6 is 0 Å². The number of hydrogen-bond acceptors (Lipinski definition) is 4. The zero-order chi connectivity index (χ0) is 43.5. The minimum absolute atomic E-state index is 0.00261. The molecule has 6 atom stereocenters. The van der Waals surface area contributed by atoms with E-state index in [1.54, 1.807) is 0 Å². The molecule has 3 aliphatic carbocycles. The van der Waals surface area contributed by atoms with Crippen molar-refractivity contribution in [1.29, 1.82) is 0 Å². The van der Waals surface area contributed by atoms with Gasteiger partial charge in [0.05, 0.1) is 28.8 Å². The first kappa shape index (κ1) is 37.4. The predicted octanol–water partition coefficient (Wildman–Crippen LogP) is 14.7. The quantitative estimate of drug-likeness (QED) is 0.177. The summed E-state index contributed by atoms with van der Waals surface area (Å²) in [6.07, 6.45) is 17.8. The minimum Gasteiger partial charge on any atom is -0.456 e. The monoisotopic (exact) mass is 848 g/mol. The number of fused-ring (bicyclic) bond motifs is 11. The highest BCUT2D eigenvalue weighted by Gasteiger charge is 2.52. The second-order valence-corrected chi connectivity index (χ2v) is 18.4. The van der Waals surface area contributed by atoms with E-state index in [0.29, 0.717) is 0 Å². The third-order valence-corrected chi connectivity index (χ3v) is 14.9. The van der Waals surface area contributed by atoms with Crippen molar-refractivity contribution >= 4 is 60.8 Å². The summed E-state index contributed by atoms with van der Waals surface area (Å²) in [7, 11) is 0. The zero-order valence-electron chi connectivity index (χ0n) is 36.4. The number of aromatic nitrogens is 1. The van der Waals surface area contributed by atoms with Crippen molar-refractivity contribution < 1.29 is 4.42 Å². The van der Waals surface area contributed by atoms with Crippen molar-refractivity contribution in [3.63, 3.8) is 0 Å². The number of benzene rings is 7. The van der Waals surface area contributed by atoms with Gasteiger partial charge in [-0.25, -0.2) is 9.98 Å². The van der Waals surface area contributed by atoms with E-state index in [1.165, 1.54) is 77.1 Å². The van der Waals surface area contributed by atoms with Gasteiger partial charge < -0.3 is 13.9 Å². The molecule has 0 bridgehead atoms. The molecular formula is C61H44N4O. The summed E-state index contributed by atoms with van der Waals surface area (Å²) in [5.74, 6) is 1.96. The first-order chi connectivity index (χ1) is 32.7. The molecular weight excluding hydrogens is 805 g/mol. The fourth-order valence-electron chi connectivity index (χ4n) is 11.9. The van der Waals surface area contributed by atoms with E-state index in [1.807, 2.05) is 0 Å². The van der Waals surface area contributed by atoms with Crippen LogP contribution in [0.3, 0.4) is 0 Å². The molecule has 7 aromatic carbocycles. The van der Waals surface area contributed by atoms with Crippen LogP contribution in [0.15, 0.2) is 232 Å². The Labute approximate surface area is 383 Å². The first-order valence-electron chi connectivity index (χ1n) is 23.3. The summed E-state index contributed by atoms with van der Waals surface area (Å²) in [5, 5.41) is 6.14. The van der Waals surface area contributed by atoms with Gasteiger partial charge in [0, 0.05) is 56.4 Å². The maximum Gasteiger partial charge on any atom is 0.226 e. The largest absolute Gasteiger partial charge is 0.456 e. The molecule has 0 saturated carbocycles. The molecule has 0 N–H and O–H groups in total. The molecule has 6 unspecified atom stereocenters. The Morgan fingerprint density at radius 1 is 0.561 bits per heavy atom. The van der Waals surface area contributed by atoms with E-state index >= 15 is 0 Å². The van der Waals surface area contributed by atoms with Crippen molar-refractivity contribution in [3.8, 4) is 16.8 Å². The molecule has 14 rings (SSSR count). The molecule has 0 spiro atoms. The number of nitrogens with zero attached hydrogens (tertiary/aromatic N) is 4.